The molecule has 1 nitrogen and oxygen atoms in total. The standard InChI is InChI=1S/C20H27F2N/c1-14(2)15(3)8-9-16(4)17(5)10-11-18(6)19(7)23-12-20(21,22)13-23/h8-11H,1,7,12-13H2,2-6H3/b15-8+,16-9+,17-10+,18-11+. The van der Waals surface area contributed by atoms with E-state index in [0.717, 1.165) is 27.9 Å². The quantitative estimate of drug-likeness (QED) is 0.558. The normalized spacial score (nSPS) is 19.5. The molecule has 0 atom stereocenters. The van der Waals surface area contributed by atoms with Gasteiger partial charge < -0.3 is 4.90 Å². The van der Waals surface area contributed by atoms with Crippen LogP contribution in [0, 0.1) is 0 Å². The third-order valence-electron chi connectivity index (χ3n) is 4.14. The third-order valence-corrected chi connectivity index (χ3v) is 4.14. The van der Waals surface area contributed by atoms with Crippen molar-refractivity contribution in [2.75, 3.05) is 13.1 Å². The van der Waals surface area contributed by atoms with E-state index in [4.69, 9.17) is 0 Å². The maximum Gasteiger partial charge on any atom is 0.282 e. The van der Waals surface area contributed by atoms with Crippen molar-refractivity contribution in [3.05, 3.63) is 71.0 Å². The smallest absolute Gasteiger partial charge is 0.282 e. The van der Waals surface area contributed by atoms with E-state index in [0.29, 0.717) is 5.70 Å². The minimum Gasteiger partial charge on any atom is -0.360 e. The van der Waals surface area contributed by atoms with Crippen molar-refractivity contribution < 1.29 is 8.78 Å². The lowest BCUT2D eigenvalue weighted by Crippen LogP contribution is -2.55. The Balaban J connectivity index is 2.74. The van der Waals surface area contributed by atoms with E-state index >= 15 is 0 Å². The first kappa shape index (κ1) is 19.1. The average molecular weight is 319 g/mol. The SMILES string of the molecule is C=C(C)/C(C)=C/C=C(C)/C(C)=C/C=C(\C)C(=C)N1CC(F)(F)C1. The second-order valence-electron chi connectivity index (χ2n) is 6.34. The van der Waals surface area contributed by atoms with E-state index in [-0.39, 0.29) is 13.1 Å². The van der Waals surface area contributed by atoms with Gasteiger partial charge in [0.2, 0.25) is 0 Å². The number of rotatable bonds is 6. The summed E-state index contributed by atoms with van der Waals surface area (Å²) >= 11 is 0. The summed E-state index contributed by atoms with van der Waals surface area (Å²) in [4.78, 5) is 1.61. The number of alkyl halides is 2. The molecule has 0 N–H and O–H groups in total. The zero-order valence-electron chi connectivity index (χ0n) is 14.8. The van der Waals surface area contributed by atoms with E-state index in [1.165, 1.54) is 0 Å². The molecular formula is C20H27F2N. The van der Waals surface area contributed by atoms with Gasteiger partial charge in [0.25, 0.3) is 5.92 Å². The Kier molecular flexibility index (Phi) is 6.31. The van der Waals surface area contributed by atoms with Crippen molar-refractivity contribution in [2.24, 2.45) is 0 Å². The van der Waals surface area contributed by atoms with Crippen LogP contribution in [0.3, 0.4) is 0 Å². The molecule has 0 aromatic rings. The van der Waals surface area contributed by atoms with Gasteiger partial charge in [-0.25, -0.2) is 8.78 Å². The molecule has 0 saturated carbocycles. The van der Waals surface area contributed by atoms with Crippen LogP contribution in [0.25, 0.3) is 0 Å². The zero-order chi connectivity index (χ0) is 17.8. The van der Waals surface area contributed by atoms with Gasteiger partial charge in [-0.3, -0.25) is 0 Å². The maximum absolute atomic E-state index is 12.9. The van der Waals surface area contributed by atoms with E-state index in [1.807, 2.05) is 52.8 Å². The Bertz CT molecular complexity index is 608. The molecule has 0 aromatic heterocycles. The summed E-state index contributed by atoms with van der Waals surface area (Å²) in [6, 6.07) is 0. The summed E-state index contributed by atoms with van der Waals surface area (Å²) in [5.74, 6) is -2.57. The number of allylic oxidation sites excluding steroid dienone is 9. The predicted octanol–water partition coefficient (Wildman–Crippen LogP) is 5.81. The van der Waals surface area contributed by atoms with E-state index in [9.17, 15) is 8.78 Å². The first-order valence-corrected chi connectivity index (χ1v) is 7.72. The van der Waals surface area contributed by atoms with Gasteiger partial charge in [-0.2, -0.15) is 0 Å². The van der Waals surface area contributed by atoms with Gasteiger partial charge in [0, 0.05) is 5.70 Å². The molecule has 0 unspecified atom stereocenters. The highest BCUT2D eigenvalue weighted by Crippen LogP contribution is 2.31. The minimum absolute atomic E-state index is 0.233. The molecule has 1 saturated heterocycles. The first-order chi connectivity index (χ1) is 10.5. The molecule has 0 bridgehead atoms. The van der Waals surface area contributed by atoms with Crippen LogP contribution in [0.5, 0.6) is 0 Å². The van der Waals surface area contributed by atoms with Gasteiger partial charge in [0.15, 0.2) is 0 Å². The fourth-order valence-electron chi connectivity index (χ4n) is 1.95. The first-order valence-electron chi connectivity index (χ1n) is 7.72. The monoisotopic (exact) mass is 319 g/mol. The highest BCUT2D eigenvalue weighted by Gasteiger charge is 2.44. The molecule has 0 spiro atoms. The van der Waals surface area contributed by atoms with Crippen molar-refractivity contribution >= 4 is 0 Å². The topological polar surface area (TPSA) is 3.24 Å². The lowest BCUT2D eigenvalue weighted by molar-refractivity contribution is -0.114. The summed E-state index contributed by atoms with van der Waals surface area (Å²) in [5, 5.41) is 0. The Morgan fingerprint density at radius 2 is 1.17 bits per heavy atom. The van der Waals surface area contributed by atoms with Crippen LogP contribution in [-0.4, -0.2) is 23.9 Å². The summed E-state index contributed by atoms with van der Waals surface area (Å²) in [6.07, 6.45) is 8.03. The fraction of sp³-hybridized carbons (Fsp3) is 0.400. The molecule has 1 fully saturated rings. The highest BCUT2D eigenvalue weighted by molar-refractivity contribution is 5.39. The Morgan fingerprint density at radius 3 is 1.57 bits per heavy atom. The van der Waals surface area contributed by atoms with Crippen LogP contribution in [-0.2, 0) is 0 Å². The van der Waals surface area contributed by atoms with Crippen LogP contribution in [0.15, 0.2) is 71.0 Å². The van der Waals surface area contributed by atoms with Crippen molar-refractivity contribution in [2.45, 2.75) is 40.5 Å². The molecule has 0 aromatic carbocycles. The van der Waals surface area contributed by atoms with Crippen LogP contribution in [0.2, 0.25) is 0 Å². The lowest BCUT2D eigenvalue weighted by Gasteiger charge is -2.41. The Hall–Kier alpha value is -1.90. The summed E-state index contributed by atoms with van der Waals surface area (Å²) < 4.78 is 25.8. The molecule has 1 rings (SSSR count). The summed E-state index contributed by atoms with van der Waals surface area (Å²) in [7, 11) is 0. The Labute approximate surface area is 139 Å². The fourth-order valence-corrected chi connectivity index (χ4v) is 1.95. The van der Waals surface area contributed by atoms with E-state index < -0.39 is 5.92 Å². The van der Waals surface area contributed by atoms with Gasteiger partial charge in [-0.15, -0.1) is 0 Å². The van der Waals surface area contributed by atoms with Crippen molar-refractivity contribution in [1.82, 2.24) is 4.90 Å². The second kappa shape index (κ2) is 7.58. The lowest BCUT2D eigenvalue weighted by atomic mass is 10.0. The number of halogens is 2. The number of nitrogens with zero attached hydrogens (tertiary/aromatic N) is 1. The zero-order valence-corrected chi connectivity index (χ0v) is 14.8. The maximum atomic E-state index is 12.9. The van der Waals surface area contributed by atoms with Crippen LogP contribution in [0.4, 0.5) is 8.78 Å². The van der Waals surface area contributed by atoms with Crippen LogP contribution < -0.4 is 0 Å². The third kappa shape index (κ3) is 5.66. The number of hydrogen-bond acceptors (Lipinski definition) is 1. The van der Waals surface area contributed by atoms with Gasteiger partial charge >= 0.3 is 0 Å². The van der Waals surface area contributed by atoms with E-state index in [1.54, 1.807) is 4.90 Å². The van der Waals surface area contributed by atoms with Crippen LogP contribution in [0.1, 0.15) is 34.6 Å². The molecule has 0 amide bonds. The van der Waals surface area contributed by atoms with Crippen LogP contribution >= 0.6 is 0 Å². The molecule has 1 aliphatic heterocycles. The predicted molar refractivity (Wildman–Crippen MR) is 95.5 cm³/mol. The molecule has 126 valence electrons. The van der Waals surface area contributed by atoms with Crippen molar-refractivity contribution in [3.8, 4) is 0 Å². The van der Waals surface area contributed by atoms with Gasteiger partial charge in [0.1, 0.15) is 0 Å². The minimum atomic E-state index is -2.57. The van der Waals surface area contributed by atoms with Gasteiger partial charge in [0.05, 0.1) is 13.1 Å². The summed E-state index contributed by atoms with van der Waals surface area (Å²) in [5.41, 5.74) is 6.04. The molecule has 23 heavy (non-hydrogen) atoms. The highest BCUT2D eigenvalue weighted by atomic mass is 19.3. The average Bonchev–Trinajstić information content (AvgIpc) is 2.45. The van der Waals surface area contributed by atoms with E-state index in [2.05, 4.69) is 19.2 Å². The Morgan fingerprint density at radius 1 is 0.783 bits per heavy atom. The number of likely N-dealkylation sites (tertiary alicyclic amines) is 1. The molecule has 0 aliphatic carbocycles. The molecular weight excluding hydrogens is 292 g/mol. The molecule has 0 radical (unpaired) electrons. The summed E-state index contributed by atoms with van der Waals surface area (Å²) in [6.45, 7) is 17.3. The van der Waals surface area contributed by atoms with Gasteiger partial charge in [-0.05, 0) is 56.9 Å². The number of hydrogen-bond donors (Lipinski definition) is 0. The van der Waals surface area contributed by atoms with Crippen molar-refractivity contribution in [1.29, 1.82) is 0 Å². The molecule has 3 heteroatoms. The van der Waals surface area contributed by atoms with Crippen molar-refractivity contribution in [3.63, 3.8) is 0 Å². The largest absolute Gasteiger partial charge is 0.360 e. The van der Waals surface area contributed by atoms with Gasteiger partial charge in [-0.1, -0.05) is 43.0 Å². The second-order valence-corrected chi connectivity index (χ2v) is 6.34. The molecule has 1 heterocycles. The molecule has 1 aliphatic rings.